The molecule has 0 saturated heterocycles. The third-order valence-electron chi connectivity index (χ3n) is 5.10. The number of hydrogen-bond acceptors (Lipinski definition) is 5. The molecule has 0 spiro atoms. The zero-order valence-corrected chi connectivity index (χ0v) is 17.7. The van der Waals surface area contributed by atoms with E-state index in [1.807, 2.05) is 37.3 Å². The number of amides is 3. The van der Waals surface area contributed by atoms with E-state index >= 15 is 0 Å². The van der Waals surface area contributed by atoms with Gasteiger partial charge in [0.1, 0.15) is 6.04 Å². The van der Waals surface area contributed by atoms with Gasteiger partial charge in [-0.1, -0.05) is 42.0 Å². The summed E-state index contributed by atoms with van der Waals surface area (Å²) in [7, 11) is 0. The number of nitrogens with zero attached hydrogens (tertiary/aromatic N) is 1. The van der Waals surface area contributed by atoms with Crippen LogP contribution in [0, 0.1) is 6.92 Å². The van der Waals surface area contributed by atoms with Gasteiger partial charge in [-0.2, -0.15) is 0 Å². The Morgan fingerprint density at radius 3 is 2.45 bits per heavy atom. The molecular formula is C24H26N2O5. The van der Waals surface area contributed by atoms with Crippen LogP contribution in [-0.4, -0.2) is 47.8 Å². The number of rotatable bonds is 9. The highest BCUT2D eigenvalue weighted by molar-refractivity contribution is 6.21. The Hall–Kier alpha value is -3.48. The van der Waals surface area contributed by atoms with E-state index in [2.05, 4.69) is 5.32 Å². The van der Waals surface area contributed by atoms with Crippen LogP contribution in [0.5, 0.6) is 0 Å². The zero-order chi connectivity index (χ0) is 22.4. The summed E-state index contributed by atoms with van der Waals surface area (Å²) in [5.74, 6) is -1.50. The van der Waals surface area contributed by atoms with Gasteiger partial charge in [0, 0.05) is 19.4 Å². The molecule has 0 aliphatic carbocycles. The zero-order valence-electron chi connectivity index (χ0n) is 17.7. The molecular weight excluding hydrogens is 396 g/mol. The van der Waals surface area contributed by atoms with Gasteiger partial charge in [-0.25, -0.2) is 4.79 Å². The van der Waals surface area contributed by atoms with Crippen molar-refractivity contribution in [1.29, 1.82) is 0 Å². The molecule has 31 heavy (non-hydrogen) atoms. The molecule has 0 fully saturated rings. The van der Waals surface area contributed by atoms with E-state index in [0.717, 1.165) is 11.1 Å². The lowest BCUT2D eigenvalue weighted by molar-refractivity contribution is -0.147. The molecule has 0 radical (unpaired) electrons. The number of fused-ring (bicyclic) bond motifs is 1. The number of carbonyl (C=O) groups excluding carboxylic acids is 4. The van der Waals surface area contributed by atoms with Gasteiger partial charge >= 0.3 is 5.97 Å². The van der Waals surface area contributed by atoms with Gasteiger partial charge < -0.3 is 10.1 Å². The van der Waals surface area contributed by atoms with Crippen LogP contribution in [0.25, 0.3) is 0 Å². The van der Waals surface area contributed by atoms with Crippen molar-refractivity contribution in [2.45, 2.75) is 39.2 Å². The van der Waals surface area contributed by atoms with Gasteiger partial charge in [-0.15, -0.1) is 0 Å². The van der Waals surface area contributed by atoms with Crippen molar-refractivity contribution in [2.24, 2.45) is 0 Å². The second-order valence-corrected chi connectivity index (χ2v) is 7.48. The molecule has 7 nitrogen and oxygen atoms in total. The molecule has 1 atom stereocenters. The highest BCUT2D eigenvalue weighted by Crippen LogP contribution is 2.24. The lowest BCUT2D eigenvalue weighted by Crippen LogP contribution is -2.43. The second kappa shape index (κ2) is 10.0. The maximum atomic E-state index is 12.5. The highest BCUT2D eigenvalue weighted by Gasteiger charge is 2.35. The third kappa shape index (κ3) is 5.36. The summed E-state index contributed by atoms with van der Waals surface area (Å²) in [6.07, 6.45) is 0.706. The van der Waals surface area contributed by atoms with E-state index in [0.29, 0.717) is 24.0 Å². The monoisotopic (exact) mass is 422 g/mol. The molecule has 1 unspecified atom stereocenters. The minimum Gasteiger partial charge on any atom is -0.464 e. The number of aryl methyl sites for hydroxylation is 1. The molecule has 2 aromatic carbocycles. The summed E-state index contributed by atoms with van der Waals surface area (Å²) >= 11 is 0. The van der Waals surface area contributed by atoms with Crippen LogP contribution in [-0.2, 0) is 20.7 Å². The van der Waals surface area contributed by atoms with E-state index in [4.69, 9.17) is 4.74 Å². The van der Waals surface area contributed by atoms with E-state index in [-0.39, 0.29) is 37.3 Å². The van der Waals surface area contributed by atoms with Crippen LogP contribution in [0.15, 0.2) is 48.5 Å². The number of hydrogen-bond donors (Lipinski definition) is 1. The van der Waals surface area contributed by atoms with E-state index in [1.54, 1.807) is 25.1 Å². The van der Waals surface area contributed by atoms with E-state index in [9.17, 15) is 19.2 Å². The van der Waals surface area contributed by atoms with Crippen molar-refractivity contribution < 1.29 is 23.9 Å². The van der Waals surface area contributed by atoms with Crippen LogP contribution in [0.2, 0.25) is 0 Å². The average molecular weight is 422 g/mol. The minimum absolute atomic E-state index is 0.0805. The second-order valence-electron chi connectivity index (χ2n) is 7.48. The van der Waals surface area contributed by atoms with Crippen molar-refractivity contribution in [3.63, 3.8) is 0 Å². The Balaban J connectivity index is 1.55. The predicted octanol–water partition coefficient (Wildman–Crippen LogP) is 2.66. The largest absolute Gasteiger partial charge is 0.464 e. The molecule has 7 heteroatoms. The molecule has 1 N–H and O–H groups in total. The molecule has 1 heterocycles. The number of esters is 1. The fourth-order valence-corrected chi connectivity index (χ4v) is 3.56. The lowest BCUT2D eigenvalue weighted by Gasteiger charge is -2.18. The normalized spacial score (nSPS) is 13.7. The summed E-state index contributed by atoms with van der Waals surface area (Å²) in [5.41, 5.74) is 2.61. The fraction of sp³-hybridized carbons (Fsp3) is 0.333. The molecule has 3 rings (SSSR count). The Kier molecular flexibility index (Phi) is 7.18. The minimum atomic E-state index is -0.794. The Morgan fingerprint density at radius 1 is 1.03 bits per heavy atom. The van der Waals surface area contributed by atoms with Gasteiger partial charge in [0.25, 0.3) is 11.8 Å². The average Bonchev–Trinajstić information content (AvgIpc) is 2.98. The summed E-state index contributed by atoms with van der Waals surface area (Å²) in [6, 6.07) is 13.7. The SMILES string of the molecule is CCOC(=O)C(Cc1ccccc1)NC(=O)CCCN1C(=O)c2ccc(C)cc2C1=O. The summed E-state index contributed by atoms with van der Waals surface area (Å²) in [4.78, 5) is 50.9. The van der Waals surface area contributed by atoms with Gasteiger partial charge in [-0.05, 0) is 38.0 Å². The van der Waals surface area contributed by atoms with Crippen molar-refractivity contribution in [3.05, 3.63) is 70.8 Å². The lowest BCUT2D eigenvalue weighted by atomic mass is 10.1. The van der Waals surface area contributed by atoms with Crippen LogP contribution >= 0.6 is 0 Å². The highest BCUT2D eigenvalue weighted by atomic mass is 16.5. The Bertz CT molecular complexity index is 987. The molecule has 1 aliphatic rings. The topological polar surface area (TPSA) is 92.8 Å². The van der Waals surface area contributed by atoms with Crippen LogP contribution in [0.3, 0.4) is 0 Å². The first-order valence-electron chi connectivity index (χ1n) is 10.4. The van der Waals surface area contributed by atoms with Crippen molar-refractivity contribution in [1.82, 2.24) is 10.2 Å². The number of nitrogens with one attached hydrogen (secondary N) is 1. The fourth-order valence-electron chi connectivity index (χ4n) is 3.56. The molecule has 2 aromatic rings. The van der Waals surface area contributed by atoms with Crippen molar-refractivity contribution >= 4 is 23.7 Å². The van der Waals surface area contributed by atoms with E-state index < -0.39 is 12.0 Å². The molecule has 1 aliphatic heterocycles. The number of carbonyl (C=O) groups is 4. The predicted molar refractivity (Wildman–Crippen MR) is 114 cm³/mol. The van der Waals surface area contributed by atoms with E-state index in [1.165, 1.54) is 4.90 Å². The summed E-state index contributed by atoms with van der Waals surface area (Å²) in [6.45, 7) is 3.93. The van der Waals surface area contributed by atoms with Crippen LogP contribution < -0.4 is 5.32 Å². The first kappa shape index (κ1) is 22.2. The quantitative estimate of drug-likeness (QED) is 0.495. The van der Waals surface area contributed by atoms with Gasteiger partial charge in [-0.3, -0.25) is 19.3 Å². The molecule has 0 bridgehead atoms. The molecule has 0 aromatic heterocycles. The smallest absolute Gasteiger partial charge is 0.328 e. The van der Waals surface area contributed by atoms with Crippen LogP contribution in [0.1, 0.15) is 51.6 Å². The summed E-state index contributed by atoms with van der Waals surface area (Å²) < 4.78 is 5.09. The third-order valence-corrected chi connectivity index (χ3v) is 5.10. The maximum absolute atomic E-state index is 12.5. The van der Waals surface area contributed by atoms with Crippen LogP contribution in [0.4, 0.5) is 0 Å². The first-order chi connectivity index (χ1) is 14.9. The Morgan fingerprint density at radius 2 is 1.74 bits per heavy atom. The number of benzene rings is 2. The number of ether oxygens (including phenoxy) is 1. The molecule has 3 amide bonds. The number of imide groups is 1. The summed E-state index contributed by atoms with van der Waals surface area (Å²) in [5, 5.41) is 2.72. The van der Waals surface area contributed by atoms with Crippen molar-refractivity contribution in [3.8, 4) is 0 Å². The first-order valence-corrected chi connectivity index (χ1v) is 10.4. The Labute approximate surface area is 181 Å². The van der Waals surface area contributed by atoms with Crippen molar-refractivity contribution in [2.75, 3.05) is 13.2 Å². The van der Waals surface area contributed by atoms with Gasteiger partial charge in [0.05, 0.1) is 17.7 Å². The van der Waals surface area contributed by atoms with Gasteiger partial charge in [0.15, 0.2) is 0 Å². The van der Waals surface area contributed by atoms with Gasteiger partial charge in [0.2, 0.25) is 5.91 Å². The molecule has 162 valence electrons. The standard InChI is InChI=1S/C24H26N2O5/c1-3-31-24(30)20(15-17-8-5-4-6-9-17)25-21(27)10-7-13-26-22(28)18-12-11-16(2)14-19(18)23(26)29/h4-6,8-9,11-12,14,20H,3,7,10,13,15H2,1-2H3,(H,25,27). The molecule has 0 saturated carbocycles. The maximum Gasteiger partial charge on any atom is 0.328 e.